The maximum atomic E-state index is 5.43. The molecule has 0 saturated heterocycles. The topological polar surface area (TPSA) is 76.9 Å². The summed E-state index contributed by atoms with van der Waals surface area (Å²) >= 11 is 5.35. The van der Waals surface area contributed by atoms with Crippen molar-refractivity contribution in [3.63, 3.8) is 0 Å². The number of hydrogen-bond acceptors (Lipinski definition) is 7. The second-order valence-corrected chi connectivity index (χ2v) is 6.70. The minimum atomic E-state index is 0.370. The fourth-order valence-corrected chi connectivity index (χ4v) is 2.96. The van der Waals surface area contributed by atoms with Crippen molar-refractivity contribution in [2.45, 2.75) is 0 Å². The molecule has 1 aromatic heterocycles. The molecule has 3 rings (SSSR count). The van der Waals surface area contributed by atoms with E-state index >= 15 is 0 Å². The maximum absolute atomic E-state index is 5.43. The van der Waals surface area contributed by atoms with Gasteiger partial charge in [0.05, 0.1) is 27.5 Å². The zero-order valence-electron chi connectivity index (χ0n) is 17.0. The Kier molecular flexibility index (Phi) is 6.18. The van der Waals surface area contributed by atoms with Gasteiger partial charge in [-0.15, -0.1) is 0 Å². The molecule has 0 bridgehead atoms. The van der Waals surface area contributed by atoms with E-state index in [4.69, 9.17) is 26.4 Å². The Morgan fingerprint density at radius 3 is 2.17 bits per heavy atom. The normalized spacial score (nSPS) is 10.9. The number of aromatic nitrogens is 3. The minimum absolute atomic E-state index is 0.370. The third-order valence-corrected chi connectivity index (χ3v) is 4.57. The molecule has 0 aliphatic carbocycles. The molecule has 3 aromatic rings. The van der Waals surface area contributed by atoms with Crippen LogP contribution in [-0.4, -0.2) is 56.5 Å². The van der Waals surface area contributed by atoms with Gasteiger partial charge in [0.25, 0.3) is 0 Å². The number of nitrogens with zero attached hydrogens (tertiary/aromatic N) is 4. The maximum Gasteiger partial charge on any atom is 0.216 e. The van der Waals surface area contributed by atoms with E-state index in [1.165, 1.54) is 0 Å². The highest BCUT2D eigenvalue weighted by atomic mass is 32.1. The Bertz CT molecular complexity index is 1050. The van der Waals surface area contributed by atoms with Crippen LogP contribution in [0, 0.1) is 4.77 Å². The van der Waals surface area contributed by atoms with E-state index in [1.807, 2.05) is 43.3 Å². The SMILES string of the molecule is COc1cc(-c2n[nH]c(=S)n2/N=C/c2ccc(N(C)C)cc2)cc(OC)c1OC. The van der Waals surface area contributed by atoms with Crippen LogP contribution in [0.2, 0.25) is 0 Å². The van der Waals surface area contributed by atoms with Crippen LogP contribution in [0.1, 0.15) is 5.56 Å². The fraction of sp³-hybridized carbons (Fsp3) is 0.250. The molecule has 0 saturated carbocycles. The van der Waals surface area contributed by atoms with Crippen LogP contribution in [0.3, 0.4) is 0 Å². The number of methoxy groups -OCH3 is 3. The first-order chi connectivity index (χ1) is 14.0. The monoisotopic (exact) mass is 413 g/mol. The second-order valence-electron chi connectivity index (χ2n) is 6.31. The molecule has 0 unspecified atom stereocenters. The lowest BCUT2D eigenvalue weighted by Gasteiger charge is -2.13. The Morgan fingerprint density at radius 1 is 1.03 bits per heavy atom. The molecular weight excluding hydrogens is 390 g/mol. The van der Waals surface area contributed by atoms with E-state index in [-0.39, 0.29) is 0 Å². The lowest BCUT2D eigenvalue weighted by Crippen LogP contribution is -2.08. The average molecular weight is 414 g/mol. The van der Waals surface area contributed by atoms with Gasteiger partial charge >= 0.3 is 0 Å². The van der Waals surface area contributed by atoms with E-state index in [1.54, 1.807) is 44.4 Å². The lowest BCUT2D eigenvalue weighted by molar-refractivity contribution is 0.324. The molecule has 0 radical (unpaired) electrons. The summed E-state index contributed by atoms with van der Waals surface area (Å²) < 4.78 is 18.2. The summed E-state index contributed by atoms with van der Waals surface area (Å²) in [5.74, 6) is 2.07. The summed E-state index contributed by atoms with van der Waals surface area (Å²) in [6.45, 7) is 0. The third kappa shape index (κ3) is 4.24. The van der Waals surface area contributed by atoms with Crippen molar-refractivity contribution in [2.75, 3.05) is 40.3 Å². The predicted octanol–water partition coefficient (Wildman–Crippen LogP) is 3.58. The Labute approximate surface area is 174 Å². The van der Waals surface area contributed by atoms with Crippen molar-refractivity contribution in [2.24, 2.45) is 5.10 Å². The van der Waals surface area contributed by atoms with Crippen LogP contribution >= 0.6 is 12.2 Å². The quantitative estimate of drug-likeness (QED) is 0.471. The summed E-state index contributed by atoms with van der Waals surface area (Å²) in [4.78, 5) is 2.04. The Balaban J connectivity index is 2.01. The van der Waals surface area contributed by atoms with E-state index in [9.17, 15) is 0 Å². The van der Waals surface area contributed by atoms with Crippen LogP contribution < -0.4 is 19.1 Å². The second kappa shape index (κ2) is 8.78. The number of ether oxygens (including phenoxy) is 3. The fourth-order valence-electron chi connectivity index (χ4n) is 2.78. The van der Waals surface area contributed by atoms with Gasteiger partial charge in [-0.2, -0.15) is 14.9 Å². The summed E-state index contributed by atoms with van der Waals surface area (Å²) in [6, 6.07) is 11.6. The highest BCUT2D eigenvalue weighted by molar-refractivity contribution is 7.71. The summed E-state index contributed by atoms with van der Waals surface area (Å²) in [5, 5.41) is 11.6. The van der Waals surface area contributed by atoms with Crippen LogP contribution in [0.25, 0.3) is 11.4 Å². The number of benzene rings is 2. The van der Waals surface area contributed by atoms with Gasteiger partial charge in [-0.1, -0.05) is 12.1 Å². The summed E-state index contributed by atoms with van der Waals surface area (Å²) in [7, 11) is 8.68. The van der Waals surface area contributed by atoms with Gasteiger partial charge in [0, 0.05) is 25.3 Å². The first-order valence-electron chi connectivity index (χ1n) is 8.78. The van der Waals surface area contributed by atoms with E-state index in [2.05, 4.69) is 15.3 Å². The van der Waals surface area contributed by atoms with Crippen molar-refractivity contribution in [1.29, 1.82) is 0 Å². The van der Waals surface area contributed by atoms with Crippen LogP contribution in [-0.2, 0) is 0 Å². The Hall–Kier alpha value is -3.33. The van der Waals surface area contributed by atoms with Crippen molar-refractivity contribution in [1.82, 2.24) is 14.9 Å². The van der Waals surface area contributed by atoms with Gasteiger partial charge in [-0.05, 0) is 42.0 Å². The van der Waals surface area contributed by atoms with Gasteiger partial charge in [0.1, 0.15) is 0 Å². The van der Waals surface area contributed by atoms with Crippen LogP contribution in [0.15, 0.2) is 41.5 Å². The van der Waals surface area contributed by atoms with E-state index < -0.39 is 0 Å². The van der Waals surface area contributed by atoms with Gasteiger partial charge in [0.15, 0.2) is 17.3 Å². The molecule has 0 aliphatic rings. The molecule has 0 atom stereocenters. The minimum Gasteiger partial charge on any atom is -0.493 e. The van der Waals surface area contributed by atoms with Gasteiger partial charge < -0.3 is 19.1 Å². The highest BCUT2D eigenvalue weighted by Gasteiger charge is 2.17. The molecule has 1 N–H and O–H groups in total. The number of H-pyrrole nitrogens is 1. The largest absolute Gasteiger partial charge is 0.493 e. The predicted molar refractivity (Wildman–Crippen MR) is 116 cm³/mol. The summed E-state index contributed by atoms with van der Waals surface area (Å²) in [6.07, 6.45) is 1.73. The van der Waals surface area contributed by atoms with Crippen LogP contribution in [0.5, 0.6) is 17.2 Å². The number of aromatic amines is 1. The lowest BCUT2D eigenvalue weighted by atomic mass is 10.1. The molecule has 9 heteroatoms. The van der Waals surface area contributed by atoms with Crippen molar-refractivity contribution >= 4 is 24.1 Å². The molecule has 8 nitrogen and oxygen atoms in total. The molecule has 0 fully saturated rings. The molecule has 29 heavy (non-hydrogen) atoms. The van der Waals surface area contributed by atoms with E-state index in [0.29, 0.717) is 33.4 Å². The third-order valence-electron chi connectivity index (χ3n) is 4.31. The number of anilines is 1. The standard InChI is InChI=1S/C20H23N5O3S/c1-24(2)15-8-6-13(7-9-15)12-21-25-19(22-23-20(25)29)14-10-16(26-3)18(28-5)17(11-14)27-4/h6-12H,1-5H3,(H,23,29)/b21-12+. The molecule has 152 valence electrons. The molecule has 1 heterocycles. The zero-order chi connectivity index (χ0) is 21.0. The molecular formula is C20H23N5O3S. The summed E-state index contributed by atoms with van der Waals surface area (Å²) in [5.41, 5.74) is 2.77. The first-order valence-corrected chi connectivity index (χ1v) is 9.18. The van der Waals surface area contributed by atoms with Gasteiger partial charge in [-0.3, -0.25) is 0 Å². The Morgan fingerprint density at radius 2 is 1.66 bits per heavy atom. The number of nitrogens with one attached hydrogen (secondary N) is 1. The molecule has 0 aliphatic heterocycles. The van der Waals surface area contributed by atoms with E-state index in [0.717, 1.165) is 11.3 Å². The molecule has 0 spiro atoms. The molecule has 0 amide bonds. The highest BCUT2D eigenvalue weighted by Crippen LogP contribution is 2.40. The first kappa shape index (κ1) is 20.4. The van der Waals surface area contributed by atoms with Gasteiger partial charge in [0.2, 0.25) is 10.5 Å². The molecule has 2 aromatic carbocycles. The van der Waals surface area contributed by atoms with Crippen molar-refractivity contribution in [3.8, 4) is 28.6 Å². The van der Waals surface area contributed by atoms with Crippen molar-refractivity contribution < 1.29 is 14.2 Å². The smallest absolute Gasteiger partial charge is 0.216 e. The average Bonchev–Trinajstić information content (AvgIpc) is 3.11. The number of rotatable bonds is 7. The van der Waals surface area contributed by atoms with Crippen molar-refractivity contribution in [3.05, 3.63) is 46.7 Å². The number of hydrogen-bond donors (Lipinski definition) is 1. The van der Waals surface area contributed by atoms with Crippen LogP contribution in [0.4, 0.5) is 5.69 Å². The van der Waals surface area contributed by atoms with Gasteiger partial charge in [-0.25, -0.2) is 5.10 Å². The zero-order valence-corrected chi connectivity index (χ0v) is 17.8.